The van der Waals surface area contributed by atoms with Crippen LogP contribution in [-0.2, 0) is 16.3 Å². The van der Waals surface area contributed by atoms with E-state index >= 15 is 0 Å². The molecule has 0 atom stereocenters. The van der Waals surface area contributed by atoms with E-state index in [-0.39, 0.29) is 11.0 Å². The third-order valence-electron chi connectivity index (χ3n) is 2.82. The van der Waals surface area contributed by atoms with E-state index in [1.54, 1.807) is 6.07 Å². The van der Waals surface area contributed by atoms with E-state index < -0.39 is 9.84 Å². The monoisotopic (exact) mass is 259 g/mol. The molecule has 0 unspecified atom stereocenters. The van der Waals surface area contributed by atoms with Gasteiger partial charge >= 0.3 is 0 Å². The van der Waals surface area contributed by atoms with Gasteiger partial charge in [-0.3, -0.25) is 0 Å². The zero-order valence-electron chi connectivity index (χ0n) is 8.82. The Balaban J connectivity index is 1.96. The Morgan fingerprint density at radius 2 is 2.12 bits per heavy atom. The molecule has 1 N–H and O–H groups in total. The van der Waals surface area contributed by atoms with Crippen molar-refractivity contribution in [3.63, 3.8) is 0 Å². The van der Waals surface area contributed by atoms with Crippen LogP contribution < -0.4 is 5.32 Å². The van der Waals surface area contributed by atoms with Crippen LogP contribution in [0.2, 0.25) is 5.02 Å². The van der Waals surface area contributed by atoms with Crippen molar-refractivity contribution < 1.29 is 8.42 Å². The molecule has 16 heavy (non-hydrogen) atoms. The van der Waals surface area contributed by atoms with Gasteiger partial charge in [0, 0.05) is 18.1 Å². The number of benzene rings is 1. The fourth-order valence-electron chi connectivity index (χ4n) is 1.64. The van der Waals surface area contributed by atoms with Gasteiger partial charge < -0.3 is 5.32 Å². The second-order valence-electron chi connectivity index (χ2n) is 4.03. The van der Waals surface area contributed by atoms with Crippen molar-refractivity contribution in [3.8, 4) is 0 Å². The maximum Gasteiger partial charge on any atom is 0.155 e. The minimum atomic E-state index is -2.94. The Morgan fingerprint density at radius 1 is 1.38 bits per heavy atom. The second kappa shape index (κ2) is 4.73. The van der Waals surface area contributed by atoms with E-state index in [9.17, 15) is 8.42 Å². The Hall–Kier alpha value is -0.580. The maximum absolute atomic E-state index is 11.8. The summed E-state index contributed by atoms with van der Waals surface area (Å²) in [5.74, 6) is 0.208. The molecule has 1 aliphatic heterocycles. The van der Waals surface area contributed by atoms with Crippen LogP contribution in [0.15, 0.2) is 24.3 Å². The topological polar surface area (TPSA) is 46.2 Å². The minimum Gasteiger partial charge on any atom is -0.314 e. The Morgan fingerprint density at radius 3 is 2.69 bits per heavy atom. The van der Waals surface area contributed by atoms with Crippen LogP contribution in [0.25, 0.3) is 0 Å². The summed E-state index contributed by atoms with van der Waals surface area (Å²) in [6.07, 6.45) is 0.541. The highest BCUT2D eigenvalue weighted by Gasteiger charge is 2.30. The van der Waals surface area contributed by atoms with Gasteiger partial charge in [-0.25, -0.2) is 8.42 Å². The van der Waals surface area contributed by atoms with E-state index in [1.807, 2.05) is 18.2 Å². The highest BCUT2D eigenvalue weighted by Crippen LogP contribution is 2.14. The lowest BCUT2D eigenvalue weighted by atomic mass is 10.2. The SMILES string of the molecule is O=S(=O)(CCc1cccc(Cl)c1)C1CNC1. The molecule has 0 spiro atoms. The van der Waals surface area contributed by atoms with Crippen molar-refractivity contribution >= 4 is 21.4 Å². The van der Waals surface area contributed by atoms with Gasteiger partial charge in [-0.15, -0.1) is 0 Å². The third-order valence-corrected chi connectivity index (χ3v) is 5.17. The average molecular weight is 260 g/mol. The van der Waals surface area contributed by atoms with Crippen LogP contribution in [0.1, 0.15) is 5.56 Å². The predicted molar refractivity (Wildman–Crippen MR) is 65.6 cm³/mol. The molecule has 1 heterocycles. The summed E-state index contributed by atoms with van der Waals surface area (Å²) < 4.78 is 23.6. The molecule has 1 aromatic rings. The molecule has 0 saturated carbocycles. The van der Waals surface area contributed by atoms with Gasteiger partial charge in [0.2, 0.25) is 0 Å². The van der Waals surface area contributed by atoms with E-state index in [0.717, 1.165) is 5.56 Å². The Bertz CT molecular complexity index is 469. The van der Waals surface area contributed by atoms with Gasteiger partial charge in [0.05, 0.1) is 11.0 Å². The molecular weight excluding hydrogens is 246 g/mol. The van der Waals surface area contributed by atoms with Crippen LogP contribution in [0, 0.1) is 0 Å². The van der Waals surface area contributed by atoms with Crippen LogP contribution >= 0.6 is 11.6 Å². The molecule has 1 fully saturated rings. The molecular formula is C11H14ClNO2S. The van der Waals surface area contributed by atoms with Crippen molar-refractivity contribution in [1.82, 2.24) is 5.32 Å². The molecule has 5 heteroatoms. The molecule has 0 radical (unpaired) electrons. The van der Waals surface area contributed by atoms with Crippen LogP contribution in [-0.4, -0.2) is 32.5 Å². The number of hydrogen-bond acceptors (Lipinski definition) is 3. The first-order valence-electron chi connectivity index (χ1n) is 5.25. The zero-order valence-corrected chi connectivity index (χ0v) is 10.4. The summed E-state index contributed by atoms with van der Waals surface area (Å²) in [5.41, 5.74) is 0.975. The van der Waals surface area contributed by atoms with E-state index in [0.29, 0.717) is 24.5 Å². The second-order valence-corrected chi connectivity index (χ2v) is 6.86. The first-order valence-corrected chi connectivity index (χ1v) is 7.34. The van der Waals surface area contributed by atoms with Gasteiger partial charge in [-0.1, -0.05) is 23.7 Å². The van der Waals surface area contributed by atoms with Gasteiger partial charge in [0.1, 0.15) is 0 Å². The van der Waals surface area contributed by atoms with Gasteiger partial charge in [0.25, 0.3) is 0 Å². The molecule has 0 amide bonds. The van der Waals surface area contributed by atoms with Gasteiger partial charge in [-0.05, 0) is 24.1 Å². The molecule has 2 rings (SSSR count). The van der Waals surface area contributed by atoms with Crippen molar-refractivity contribution in [1.29, 1.82) is 0 Å². The Kier molecular flexibility index (Phi) is 3.52. The highest BCUT2D eigenvalue weighted by atomic mass is 35.5. The summed E-state index contributed by atoms with van der Waals surface area (Å²) in [6.45, 7) is 1.19. The fourth-order valence-corrected chi connectivity index (χ4v) is 3.45. The molecule has 0 aliphatic carbocycles. The standard InChI is InChI=1S/C11H14ClNO2S/c12-10-3-1-2-9(6-10)4-5-16(14,15)11-7-13-8-11/h1-3,6,11,13H,4-5,7-8H2. The largest absolute Gasteiger partial charge is 0.314 e. The summed E-state index contributed by atoms with van der Waals surface area (Å²) in [7, 11) is -2.94. The molecule has 3 nitrogen and oxygen atoms in total. The molecule has 88 valence electrons. The van der Waals surface area contributed by atoms with E-state index in [4.69, 9.17) is 11.6 Å². The lowest BCUT2D eigenvalue weighted by Gasteiger charge is -2.26. The van der Waals surface area contributed by atoms with Crippen molar-refractivity contribution in [3.05, 3.63) is 34.9 Å². The van der Waals surface area contributed by atoms with Crippen LogP contribution in [0.4, 0.5) is 0 Å². The zero-order chi connectivity index (χ0) is 11.6. The predicted octanol–water partition coefficient (Wildman–Crippen LogP) is 1.27. The van der Waals surface area contributed by atoms with Gasteiger partial charge in [0.15, 0.2) is 9.84 Å². The number of rotatable bonds is 4. The van der Waals surface area contributed by atoms with Crippen molar-refractivity contribution in [2.45, 2.75) is 11.7 Å². The Labute approximate surface area is 101 Å². The number of nitrogens with one attached hydrogen (secondary N) is 1. The molecule has 0 bridgehead atoms. The molecule has 1 aliphatic rings. The summed E-state index contributed by atoms with van der Waals surface area (Å²) in [4.78, 5) is 0. The fraction of sp³-hybridized carbons (Fsp3) is 0.455. The smallest absolute Gasteiger partial charge is 0.155 e. The summed E-state index contributed by atoms with van der Waals surface area (Å²) in [6, 6.07) is 7.35. The minimum absolute atomic E-state index is 0.188. The summed E-state index contributed by atoms with van der Waals surface area (Å²) in [5, 5.41) is 3.44. The normalized spacial score (nSPS) is 17.1. The maximum atomic E-state index is 11.8. The van der Waals surface area contributed by atoms with Crippen molar-refractivity contribution in [2.75, 3.05) is 18.8 Å². The first-order chi connectivity index (χ1) is 7.58. The summed E-state index contributed by atoms with van der Waals surface area (Å²) >= 11 is 5.84. The van der Waals surface area contributed by atoms with Crippen molar-refractivity contribution in [2.24, 2.45) is 0 Å². The number of aryl methyl sites for hydroxylation is 1. The molecule has 1 saturated heterocycles. The quantitative estimate of drug-likeness (QED) is 0.886. The highest BCUT2D eigenvalue weighted by molar-refractivity contribution is 7.92. The number of sulfone groups is 1. The molecule has 0 aromatic heterocycles. The van der Waals surface area contributed by atoms with Crippen LogP contribution in [0.3, 0.4) is 0 Å². The average Bonchev–Trinajstić information content (AvgIpc) is 2.11. The third kappa shape index (κ3) is 2.75. The number of halogens is 1. The van der Waals surface area contributed by atoms with E-state index in [1.165, 1.54) is 0 Å². The lowest BCUT2D eigenvalue weighted by molar-refractivity contribution is 0.495. The first kappa shape index (κ1) is 11.9. The lowest BCUT2D eigenvalue weighted by Crippen LogP contribution is -2.52. The number of hydrogen-bond donors (Lipinski definition) is 1. The van der Waals surface area contributed by atoms with Crippen LogP contribution in [0.5, 0.6) is 0 Å². The van der Waals surface area contributed by atoms with Gasteiger partial charge in [-0.2, -0.15) is 0 Å². The van der Waals surface area contributed by atoms with E-state index in [2.05, 4.69) is 5.32 Å². The molecule has 1 aromatic carbocycles.